The monoisotopic (exact) mass is 466 g/mol. The van der Waals surface area contributed by atoms with Crippen LogP contribution in [0.2, 0.25) is 0 Å². The zero-order valence-corrected chi connectivity index (χ0v) is 18.1. The Morgan fingerprint density at radius 3 is 2.15 bits per heavy atom. The lowest BCUT2D eigenvalue weighted by Gasteiger charge is -2.23. The first kappa shape index (κ1) is 23.3. The van der Waals surface area contributed by atoms with Gasteiger partial charge in [-0.3, -0.25) is 14.2 Å². The minimum atomic E-state index is -1.18. The lowest BCUT2D eigenvalue weighted by Crippen LogP contribution is -2.46. The third kappa shape index (κ3) is 4.34. The fourth-order valence-electron chi connectivity index (χ4n) is 3.82. The van der Waals surface area contributed by atoms with E-state index in [4.69, 9.17) is 14.2 Å². The highest BCUT2D eigenvalue weighted by molar-refractivity contribution is 5.95. The van der Waals surface area contributed by atoms with Gasteiger partial charge in [-0.1, -0.05) is 36.4 Å². The van der Waals surface area contributed by atoms with Crippen LogP contribution in [-0.2, 0) is 14.2 Å². The molecule has 2 aromatic carbocycles. The van der Waals surface area contributed by atoms with Crippen LogP contribution in [0.15, 0.2) is 82.5 Å². The van der Waals surface area contributed by atoms with Crippen molar-refractivity contribution in [3.05, 3.63) is 105 Å². The van der Waals surface area contributed by atoms with Crippen LogP contribution in [0.4, 0.5) is 0 Å². The Hall–Kier alpha value is -3.86. The summed E-state index contributed by atoms with van der Waals surface area (Å²) >= 11 is 0. The van der Waals surface area contributed by atoms with E-state index >= 15 is 0 Å². The molecule has 2 heterocycles. The summed E-state index contributed by atoms with van der Waals surface area (Å²) in [7, 11) is 1.33. The Labute approximate surface area is 193 Å². The van der Waals surface area contributed by atoms with E-state index < -0.39 is 54.3 Å². The molecule has 0 amide bonds. The maximum atomic E-state index is 13.2. The van der Waals surface area contributed by atoms with Gasteiger partial charge < -0.3 is 19.3 Å². The summed E-state index contributed by atoms with van der Waals surface area (Å²) in [4.78, 5) is 51.1. The number of aromatic nitrogens is 2. The molecular formula is C24H22N2O8. The van der Waals surface area contributed by atoms with Crippen LogP contribution in [0.1, 0.15) is 26.9 Å². The van der Waals surface area contributed by atoms with Gasteiger partial charge >= 0.3 is 11.7 Å². The number of ether oxygens (including phenoxy) is 3. The summed E-state index contributed by atoms with van der Waals surface area (Å²) in [5.41, 5.74) is -1.33. The number of aliphatic hydroxyl groups is 1. The number of hydrogen-bond donors (Lipinski definition) is 1. The van der Waals surface area contributed by atoms with Crippen LogP contribution in [0.25, 0.3) is 0 Å². The highest BCUT2D eigenvalue weighted by Crippen LogP contribution is 2.33. The van der Waals surface area contributed by atoms with Gasteiger partial charge in [0, 0.05) is 24.9 Å². The van der Waals surface area contributed by atoms with Crippen molar-refractivity contribution in [2.24, 2.45) is 0 Å². The molecule has 0 aliphatic carbocycles. The summed E-state index contributed by atoms with van der Waals surface area (Å²) in [6.07, 6.45) is -3.10. The smallest absolute Gasteiger partial charge is 0.340 e. The molecule has 1 saturated heterocycles. The normalized spacial score (nSPS) is 21.8. The zero-order chi connectivity index (χ0) is 24.2. The van der Waals surface area contributed by atoms with Gasteiger partial charge in [0.25, 0.3) is 11.5 Å². The first-order chi connectivity index (χ1) is 16.5. The first-order valence-corrected chi connectivity index (χ1v) is 10.5. The molecule has 0 radical (unpaired) electrons. The van der Waals surface area contributed by atoms with Gasteiger partial charge in [0.2, 0.25) is 0 Å². The molecule has 4 atom stereocenters. The van der Waals surface area contributed by atoms with Gasteiger partial charge in [-0.25, -0.2) is 9.59 Å². The van der Waals surface area contributed by atoms with Crippen molar-refractivity contribution in [2.45, 2.75) is 24.5 Å². The molecule has 0 bridgehead atoms. The van der Waals surface area contributed by atoms with Crippen molar-refractivity contribution in [1.29, 1.82) is 0 Å². The predicted molar refractivity (Wildman–Crippen MR) is 119 cm³/mol. The number of rotatable bonds is 6. The fraction of sp³-hybridized carbons (Fsp3) is 0.250. The highest BCUT2D eigenvalue weighted by Gasteiger charge is 2.48. The minimum absolute atomic E-state index is 0.151. The Balaban J connectivity index is 1.69. The molecule has 4 rings (SSSR count). The number of carbonyl (C=O) groups excluding carboxylic acids is 2. The highest BCUT2D eigenvalue weighted by atomic mass is 16.6. The average molecular weight is 466 g/mol. The minimum Gasteiger partial charge on any atom is -0.453 e. The summed E-state index contributed by atoms with van der Waals surface area (Å²) in [5, 5.41) is 9.83. The molecule has 1 fully saturated rings. The SMILES string of the molecule is CO[C@@H]1[C@H](OC(=O)c2ccccc2)[C@@H](CO)O[C@H]1n1ccc(=O)n(C(=O)c2ccccc2)c1=O. The molecule has 1 aliphatic heterocycles. The van der Waals surface area contributed by atoms with Crippen molar-refractivity contribution in [1.82, 2.24) is 9.13 Å². The van der Waals surface area contributed by atoms with Gasteiger partial charge in [0.05, 0.1) is 12.2 Å². The van der Waals surface area contributed by atoms with Crippen LogP contribution in [0, 0.1) is 0 Å². The van der Waals surface area contributed by atoms with E-state index in [-0.39, 0.29) is 11.1 Å². The number of hydrogen-bond acceptors (Lipinski definition) is 8. The van der Waals surface area contributed by atoms with Gasteiger partial charge in [-0.05, 0) is 24.3 Å². The van der Waals surface area contributed by atoms with E-state index in [0.29, 0.717) is 4.57 Å². The number of carbonyl (C=O) groups is 2. The van der Waals surface area contributed by atoms with E-state index in [9.17, 15) is 24.3 Å². The maximum absolute atomic E-state index is 13.2. The Bertz CT molecular complexity index is 1290. The van der Waals surface area contributed by atoms with Gasteiger partial charge in [0.15, 0.2) is 12.3 Å². The molecule has 1 N–H and O–H groups in total. The van der Waals surface area contributed by atoms with Crippen molar-refractivity contribution in [3.63, 3.8) is 0 Å². The second kappa shape index (κ2) is 9.96. The second-order valence-electron chi connectivity index (χ2n) is 7.53. The average Bonchev–Trinajstić information content (AvgIpc) is 3.21. The van der Waals surface area contributed by atoms with E-state index in [1.54, 1.807) is 48.5 Å². The summed E-state index contributed by atoms with van der Waals surface area (Å²) in [5.74, 6) is -1.46. The molecule has 34 heavy (non-hydrogen) atoms. The molecule has 1 aromatic heterocycles. The van der Waals surface area contributed by atoms with Crippen molar-refractivity contribution in [3.8, 4) is 0 Å². The van der Waals surface area contributed by atoms with Gasteiger partial charge in [0.1, 0.15) is 12.2 Å². The molecule has 0 spiro atoms. The Morgan fingerprint density at radius 2 is 1.56 bits per heavy atom. The van der Waals surface area contributed by atoms with E-state index in [2.05, 4.69) is 0 Å². The first-order valence-electron chi connectivity index (χ1n) is 10.5. The van der Waals surface area contributed by atoms with Crippen LogP contribution >= 0.6 is 0 Å². The number of aliphatic hydroxyl groups excluding tert-OH is 1. The predicted octanol–water partition coefficient (Wildman–Crippen LogP) is 0.829. The summed E-state index contributed by atoms with van der Waals surface area (Å²) in [6.45, 7) is -0.527. The number of nitrogens with zero attached hydrogens (tertiary/aromatic N) is 2. The number of methoxy groups -OCH3 is 1. The van der Waals surface area contributed by atoms with Gasteiger partial charge in [-0.15, -0.1) is 0 Å². The van der Waals surface area contributed by atoms with Crippen LogP contribution in [0.3, 0.4) is 0 Å². The molecular weight excluding hydrogens is 444 g/mol. The lowest BCUT2D eigenvalue weighted by molar-refractivity contribution is -0.0629. The Kier molecular flexibility index (Phi) is 6.82. The molecule has 3 aromatic rings. The zero-order valence-electron chi connectivity index (χ0n) is 18.1. The van der Waals surface area contributed by atoms with Crippen LogP contribution < -0.4 is 11.2 Å². The molecule has 1 aliphatic rings. The standard InChI is InChI=1S/C24H22N2O8/c1-32-20-19(34-23(30)16-10-6-3-7-11-16)17(14-27)33-22(20)25-13-12-18(28)26(24(25)31)21(29)15-8-4-2-5-9-15/h2-13,17,19-20,22,27H,14H2,1H3/t17-,19-,20-,22-/m1/s1. The number of esters is 1. The molecule has 176 valence electrons. The van der Waals surface area contributed by atoms with Crippen molar-refractivity contribution in [2.75, 3.05) is 13.7 Å². The topological polar surface area (TPSA) is 126 Å². The van der Waals surface area contributed by atoms with Gasteiger partial charge in [-0.2, -0.15) is 4.57 Å². The largest absolute Gasteiger partial charge is 0.453 e. The van der Waals surface area contributed by atoms with Crippen molar-refractivity contribution < 1.29 is 28.9 Å². The Morgan fingerprint density at radius 1 is 0.941 bits per heavy atom. The summed E-state index contributed by atoms with van der Waals surface area (Å²) < 4.78 is 18.3. The third-order valence-corrected chi connectivity index (χ3v) is 5.50. The molecule has 10 heteroatoms. The van der Waals surface area contributed by atoms with Crippen molar-refractivity contribution >= 4 is 11.9 Å². The maximum Gasteiger partial charge on any atom is 0.340 e. The molecule has 0 unspecified atom stereocenters. The van der Waals surface area contributed by atoms with Crippen LogP contribution in [0.5, 0.6) is 0 Å². The second-order valence-corrected chi connectivity index (χ2v) is 7.53. The fourth-order valence-corrected chi connectivity index (χ4v) is 3.82. The van der Waals surface area contributed by atoms with Crippen LogP contribution in [-0.4, -0.2) is 58.1 Å². The van der Waals surface area contributed by atoms with E-state index in [1.165, 1.54) is 25.4 Å². The molecule has 10 nitrogen and oxygen atoms in total. The third-order valence-electron chi connectivity index (χ3n) is 5.50. The molecule has 0 saturated carbocycles. The quantitative estimate of drug-likeness (QED) is 0.530. The van der Waals surface area contributed by atoms with E-state index in [0.717, 1.165) is 10.6 Å². The number of benzene rings is 2. The lowest BCUT2D eigenvalue weighted by atomic mass is 10.1. The van der Waals surface area contributed by atoms with E-state index in [1.807, 2.05) is 0 Å². The summed E-state index contributed by atoms with van der Waals surface area (Å²) in [6, 6.07) is 17.2.